The largest absolute Gasteiger partial charge is 0.460 e. The molecule has 1 aromatic heterocycles. The first-order valence-corrected chi connectivity index (χ1v) is 4.46. The van der Waals surface area contributed by atoms with Gasteiger partial charge in [-0.25, -0.2) is 0 Å². The van der Waals surface area contributed by atoms with Crippen LogP contribution in [0.25, 0.3) is 0 Å². The van der Waals surface area contributed by atoms with E-state index in [1.807, 2.05) is 0 Å². The molecule has 0 unspecified atom stereocenters. The van der Waals surface area contributed by atoms with E-state index in [9.17, 15) is 35.5 Å². The van der Waals surface area contributed by atoms with E-state index in [-0.39, 0.29) is 5.76 Å². The predicted octanol–water partition coefficient (Wildman–Crippen LogP) is 2.75. The molecule has 0 aromatic carbocycles. The standard InChI is InChI=1S/C8H5F7N2O2/c1-3-2-4(17-19-3)16-5(18)6(9,10)7(11,12)8(13,14)15/h2H,1H3,(H,16,17,18). The minimum absolute atomic E-state index is 0.0289. The van der Waals surface area contributed by atoms with E-state index >= 15 is 0 Å². The number of aryl methyl sites for hydroxylation is 1. The zero-order valence-electron chi connectivity index (χ0n) is 8.99. The quantitative estimate of drug-likeness (QED) is 0.872. The van der Waals surface area contributed by atoms with E-state index in [4.69, 9.17) is 0 Å². The van der Waals surface area contributed by atoms with Gasteiger partial charge in [0.15, 0.2) is 5.82 Å². The topological polar surface area (TPSA) is 55.1 Å². The molecule has 0 aliphatic carbocycles. The Morgan fingerprint density at radius 1 is 1.21 bits per heavy atom. The van der Waals surface area contributed by atoms with Gasteiger partial charge in [0.2, 0.25) is 0 Å². The highest BCUT2D eigenvalue weighted by atomic mass is 19.4. The minimum Gasteiger partial charge on any atom is -0.360 e. The second-order valence-corrected chi connectivity index (χ2v) is 3.42. The average Bonchev–Trinajstić information content (AvgIpc) is 2.61. The summed E-state index contributed by atoms with van der Waals surface area (Å²) < 4.78 is 90.3. The van der Waals surface area contributed by atoms with Gasteiger partial charge >= 0.3 is 23.9 Å². The summed E-state index contributed by atoms with van der Waals surface area (Å²) in [5, 5.41) is 4.05. The highest BCUT2D eigenvalue weighted by Crippen LogP contribution is 2.46. The van der Waals surface area contributed by atoms with Crippen LogP contribution in [0, 0.1) is 6.92 Å². The molecule has 1 amide bonds. The number of anilines is 1. The number of nitrogens with one attached hydrogen (secondary N) is 1. The number of carbonyl (C=O) groups excluding carboxylic acids is 1. The van der Waals surface area contributed by atoms with Crippen LogP contribution in [-0.4, -0.2) is 29.1 Å². The van der Waals surface area contributed by atoms with Crippen molar-refractivity contribution in [2.75, 3.05) is 5.32 Å². The van der Waals surface area contributed by atoms with Gasteiger partial charge in [0.25, 0.3) is 0 Å². The van der Waals surface area contributed by atoms with Gasteiger partial charge in [-0.05, 0) is 6.92 Å². The van der Waals surface area contributed by atoms with Gasteiger partial charge in [0.1, 0.15) is 5.76 Å². The summed E-state index contributed by atoms with van der Waals surface area (Å²) in [6.45, 7) is 1.28. The maximum absolute atomic E-state index is 12.8. The number of nitrogens with zero attached hydrogens (tertiary/aromatic N) is 1. The molecule has 1 heterocycles. The maximum Gasteiger partial charge on any atom is 0.460 e. The van der Waals surface area contributed by atoms with Crippen molar-refractivity contribution in [1.29, 1.82) is 0 Å². The van der Waals surface area contributed by atoms with Crippen LogP contribution in [0.3, 0.4) is 0 Å². The number of amides is 1. The van der Waals surface area contributed by atoms with Crippen LogP contribution in [-0.2, 0) is 4.79 Å². The Morgan fingerprint density at radius 2 is 1.74 bits per heavy atom. The molecule has 108 valence electrons. The molecule has 0 spiro atoms. The first-order chi connectivity index (χ1) is 8.39. The van der Waals surface area contributed by atoms with Crippen LogP contribution in [0.15, 0.2) is 10.6 Å². The fourth-order valence-electron chi connectivity index (χ4n) is 0.941. The third kappa shape index (κ3) is 2.63. The molecule has 11 heteroatoms. The second kappa shape index (κ2) is 4.38. The second-order valence-electron chi connectivity index (χ2n) is 3.42. The van der Waals surface area contributed by atoms with E-state index in [0.717, 1.165) is 11.4 Å². The van der Waals surface area contributed by atoms with E-state index < -0.39 is 29.7 Å². The number of halogens is 7. The normalized spacial score (nSPS) is 13.5. The molecule has 4 nitrogen and oxygen atoms in total. The number of hydrogen-bond donors (Lipinski definition) is 1. The Labute approximate surface area is 100 Å². The fraction of sp³-hybridized carbons (Fsp3) is 0.500. The van der Waals surface area contributed by atoms with E-state index in [1.54, 1.807) is 0 Å². The lowest BCUT2D eigenvalue weighted by Gasteiger charge is -2.26. The number of hydrogen-bond acceptors (Lipinski definition) is 3. The Balaban J connectivity index is 2.97. The van der Waals surface area contributed by atoms with Crippen molar-refractivity contribution < 1.29 is 40.1 Å². The molecule has 0 fully saturated rings. The van der Waals surface area contributed by atoms with Crippen LogP contribution in [0.2, 0.25) is 0 Å². The van der Waals surface area contributed by atoms with Crippen LogP contribution < -0.4 is 5.32 Å². The molecule has 0 saturated carbocycles. The zero-order valence-corrected chi connectivity index (χ0v) is 8.99. The van der Waals surface area contributed by atoms with Crippen molar-refractivity contribution in [1.82, 2.24) is 5.16 Å². The van der Waals surface area contributed by atoms with Gasteiger partial charge in [-0.3, -0.25) is 4.79 Å². The lowest BCUT2D eigenvalue weighted by Crippen LogP contribution is -2.57. The Kier molecular flexibility index (Phi) is 3.52. The van der Waals surface area contributed by atoms with E-state index in [0.29, 0.717) is 0 Å². The van der Waals surface area contributed by atoms with Crippen LogP contribution >= 0.6 is 0 Å². The Bertz CT molecular complexity index is 480. The third-order valence-corrected chi connectivity index (χ3v) is 1.91. The van der Waals surface area contributed by atoms with Crippen LogP contribution in [0.5, 0.6) is 0 Å². The number of carbonyl (C=O) groups is 1. The lowest BCUT2D eigenvalue weighted by atomic mass is 10.1. The van der Waals surface area contributed by atoms with Gasteiger partial charge in [0, 0.05) is 6.07 Å². The van der Waals surface area contributed by atoms with Gasteiger partial charge in [0.05, 0.1) is 0 Å². The Hall–Kier alpha value is -1.81. The van der Waals surface area contributed by atoms with Crippen molar-refractivity contribution in [2.45, 2.75) is 24.9 Å². The monoisotopic (exact) mass is 294 g/mol. The third-order valence-electron chi connectivity index (χ3n) is 1.91. The fourth-order valence-corrected chi connectivity index (χ4v) is 0.941. The number of rotatable bonds is 3. The van der Waals surface area contributed by atoms with Crippen LogP contribution in [0.4, 0.5) is 36.6 Å². The molecule has 0 bridgehead atoms. The van der Waals surface area contributed by atoms with Crippen molar-refractivity contribution in [3.63, 3.8) is 0 Å². The van der Waals surface area contributed by atoms with Gasteiger partial charge < -0.3 is 9.84 Å². The highest BCUT2D eigenvalue weighted by Gasteiger charge is 2.76. The summed E-state index contributed by atoms with van der Waals surface area (Å²) >= 11 is 0. The molecular formula is C8H5F7N2O2. The summed E-state index contributed by atoms with van der Waals surface area (Å²) in [4.78, 5) is 10.8. The molecule has 19 heavy (non-hydrogen) atoms. The molecule has 0 aliphatic heterocycles. The van der Waals surface area contributed by atoms with Crippen molar-refractivity contribution in [2.24, 2.45) is 0 Å². The summed E-state index contributed by atoms with van der Waals surface area (Å²) in [5.74, 6) is -16.0. The summed E-state index contributed by atoms with van der Waals surface area (Å²) in [6, 6.07) is 0.861. The highest BCUT2D eigenvalue weighted by molar-refractivity contribution is 5.96. The van der Waals surface area contributed by atoms with Crippen molar-refractivity contribution >= 4 is 11.7 Å². The van der Waals surface area contributed by atoms with Gasteiger partial charge in [-0.2, -0.15) is 30.7 Å². The first-order valence-electron chi connectivity index (χ1n) is 4.46. The smallest absolute Gasteiger partial charge is 0.360 e. The molecule has 1 aromatic rings. The molecule has 0 atom stereocenters. The van der Waals surface area contributed by atoms with Crippen molar-refractivity contribution in [3.05, 3.63) is 11.8 Å². The SMILES string of the molecule is Cc1cc(NC(=O)C(F)(F)C(F)(F)C(F)(F)F)no1. The first kappa shape index (κ1) is 15.2. The molecule has 0 aliphatic rings. The van der Waals surface area contributed by atoms with Gasteiger partial charge in [-0.1, -0.05) is 5.16 Å². The average molecular weight is 294 g/mol. The Morgan fingerprint density at radius 3 is 2.11 bits per heavy atom. The van der Waals surface area contributed by atoms with Crippen LogP contribution in [0.1, 0.15) is 5.76 Å². The predicted molar refractivity (Wildman–Crippen MR) is 45.8 cm³/mol. The number of aromatic nitrogens is 1. The molecular weight excluding hydrogens is 289 g/mol. The summed E-state index contributed by atoms with van der Waals surface area (Å²) in [5.41, 5.74) is 0. The van der Waals surface area contributed by atoms with Gasteiger partial charge in [-0.15, -0.1) is 0 Å². The minimum atomic E-state index is -6.58. The van der Waals surface area contributed by atoms with E-state index in [2.05, 4.69) is 9.68 Å². The van der Waals surface area contributed by atoms with E-state index in [1.165, 1.54) is 6.92 Å². The molecule has 0 radical (unpaired) electrons. The number of alkyl halides is 7. The lowest BCUT2D eigenvalue weighted by molar-refractivity contribution is -0.343. The maximum atomic E-state index is 12.8. The molecule has 1 rings (SSSR count). The zero-order chi connectivity index (χ0) is 15.1. The molecule has 1 N–H and O–H groups in total. The van der Waals surface area contributed by atoms with Crippen molar-refractivity contribution in [3.8, 4) is 0 Å². The molecule has 0 saturated heterocycles. The summed E-state index contributed by atoms with van der Waals surface area (Å²) in [6.07, 6.45) is -6.58. The summed E-state index contributed by atoms with van der Waals surface area (Å²) in [7, 11) is 0.